The molecule has 1 aliphatic carbocycles. The van der Waals surface area contributed by atoms with Gasteiger partial charge in [0.1, 0.15) is 5.76 Å². The van der Waals surface area contributed by atoms with Gasteiger partial charge in [-0.15, -0.1) is 11.3 Å². The predicted octanol–water partition coefficient (Wildman–Crippen LogP) is 3.94. The van der Waals surface area contributed by atoms with Gasteiger partial charge >= 0.3 is 0 Å². The van der Waals surface area contributed by atoms with Crippen LogP contribution in [-0.4, -0.2) is 40.8 Å². The van der Waals surface area contributed by atoms with Gasteiger partial charge in [0.05, 0.1) is 12.1 Å². The molecular weight excluding hydrogens is 386 g/mol. The Bertz CT molecular complexity index is 845. The largest absolute Gasteiger partial charge is 0.459 e. The van der Waals surface area contributed by atoms with Crippen LogP contribution in [0.5, 0.6) is 0 Å². The summed E-state index contributed by atoms with van der Waals surface area (Å²) in [6.45, 7) is 3.30. The first-order chi connectivity index (χ1) is 14.1. The number of amides is 2. The molecule has 2 aromatic heterocycles. The standard InChI is InChI=1S/C22H29N3O3S/c1-15-7-8-19(28-15)22-24-18(14-29-22)13-20(26)25-11-9-17(10-12-25)23-21(27)16-5-3-2-4-6-16/h7-8,14,16-17H,2-6,9-13H2,1H3,(H,23,27). The SMILES string of the molecule is Cc1ccc(-c2nc(CC(=O)N3CCC(NC(=O)C4CCCCC4)CC3)cs2)o1. The molecule has 0 bridgehead atoms. The van der Waals surface area contributed by atoms with Crippen molar-refractivity contribution in [3.8, 4) is 10.8 Å². The van der Waals surface area contributed by atoms with Crippen LogP contribution >= 0.6 is 11.3 Å². The number of aryl methyl sites for hydroxylation is 1. The molecule has 156 valence electrons. The number of nitrogens with one attached hydrogen (secondary N) is 1. The zero-order valence-electron chi connectivity index (χ0n) is 17.0. The number of piperidine rings is 1. The van der Waals surface area contributed by atoms with Crippen LogP contribution in [0.3, 0.4) is 0 Å². The van der Waals surface area contributed by atoms with Crippen LogP contribution in [0.15, 0.2) is 21.9 Å². The van der Waals surface area contributed by atoms with Crippen molar-refractivity contribution in [1.29, 1.82) is 0 Å². The summed E-state index contributed by atoms with van der Waals surface area (Å²) < 4.78 is 5.61. The Morgan fingerprint density at radius 2 is 1.93 bits per heavy atom. The minimum Gasteiger partial charge on any atom is -0.459 e. The van der Waals surface area contributed by atoms with Crippen LogP contribution in [0.4, 0.5) is 0 Å². The van der Waals surface area contributed by atoms with E-state index in [-0.39, 0.29) is 23.8 Å². The first kappa shape index (κ1) is 20.1. The number of aromatic nitrogens is 1. The van der Waals surface area contributed by atoms with E-state index in [1.54, 1.807) is 0 Å². The smallest absolute Gasteiger partial charge is 0.228 e. The lowest BCUT2D eigenvalue weighted by atomic mass is 9.88. The maximum absolute atomic E-state index is 12.7. The number of hydrogen-bond donors (Lipinski definition) is 1. The van der Waals surface area contributed by atoms with Crippen molar-refractivity contribution in [2.75, 3.05) is 13.1 Å². The van der Waals surface area contributed by atoms with Crippen molar-refractivity contribution in [2.24, 2.45) is 5.92 Å². The van der Waals surface area contributed by atoms with Gasteiger partial charge in [0.2, 0.25) is 11.8 Å². The fraction of sp³-hybridized carbons (Fsp3) is 0.591. The van der Waals surface area contributed by atoms with Crippen LogP contribution in [0.25, 0.3) is 10.8 Å². The zero-order chi connectivity index (χ0) is 20.2. The van der Waals surface area contributed by atoms with Crippen molar-refractivity contribution in [1.82, 2.24) is 15.2 Å². The summed E-state index contributed by atoms with van der Waals surface area (Å²) in [5.74, 6) is 2.12. The van der Waals surface area contributed by atoms with Crippen molar-refractivity contribution in [3.63, 3.8) is 0 Å². The number of furan rings is 1. The first-order valence-electron chi connectivity index (χ1n) is 10.7. The molecule has 0 aromatic carbocycles. The third-order valence-corrected chi connectivity index (χ3v) is 6.91. The molecule has 2 amide bonds. The molecule has 2 aliphatic rings. The molecule has 2 aromatic rings. The Morgan fingerprint density at radius 3 is 2.62 bits per heavy atom. The van der Waals surface area contributed by atoms with E-state index < -0.39 is 0 Å². The molecule has 1 saturated carbocycles. The third kappa shape index (κ3) is 5.07. The lowest BCUT2D eigenvalue weighted by Crippen LogP contribution is -2.48. The van der Waals surface area contributed by atoms with E-state index in [4.69, 9.17) is 4.42 Å². The van der Waals surface area contributed by atoms with Gasteiger partial charge in [0.15, 0.2) is 10.8 Å². The van der Waals surface area contributed by atoms with E-state index in [1.807, 2.05) is 29.3 Å². The number of nitrogens with zero attached hydrogens (tertiary/aromatic N) is 2. The highest BCUT2D eigenvalue weighted by Crippen LogP contribution is 2.26. The average molecular weight is 416 g/mol. The molecule has 0 unspecified atom stereocenters. The summed E-state index contributed by atoms with van der Waals surface area (Å²) in [5, 5.41) is 5.97. The van der Waals surface area contributed by atoms with Crippen molar-refractivity contribution in [3.05, 3.63) is 29.0 Å². The van der Waals surface area contributed by atoms with Gasteiger partial charge in [-0.05, 0) is 44.7 Å². The van der Waals surface area contributed by atoms with Crippen LogP contribution in [0, 0.1) is 12.8 Å². The third-order valence-electron chi connectivity index (χ3n) is 6.01. The summed E-state index contributed by atoms with van der Waals surface area (Å²) in [6, 6.07) is 4.02. The van der Waals surface area contributed by atoms with Gasteiger partial charge in [0.25, 0.3) is 0 Å². The fourth-order valence-corrected chi connectivity index (χ4v) is 5.05. The zero-order valence-corrected chi connectivity index (χ0v) is 17.8. The Morgan fingerprint density at radius 1 is 1.17 bits per heavy atom. The summed E-state index contributed by atoms with van der Waals surface area (Å²) in [6.07, 6.45) is 7.62. The van der Waals surface area contributed by atoms with E-state index in [0.717, 1.165) is 47.9 Å². The summed E-state index contributed by atoms with van der Waals surface area (Å²) in [7, 11) is 0. The minimum atomic E-state index is 0.106. The predicted molar refractivity (Wildman–Crippen MR) is 113 cm³/mol. The highest BCUT2D eigenvalue weighted by Gasteiger charge is 2.27. The van der Waals surface area contributed by atoms with Gasteiger partial charge in [0, 0.05) is 30.4 Å². The normalized spacial score (nSPS) is 18.7. The minimum absolute atomic E-state index is 0.106. The molecular formula is C22H29N3O3S. The number of carbonyl (C=O) groups excluding carboxylic acids is 2. The summed E-state index contributed by atoms with van der Waals surface area (Å²) in [4.78, 5) is 31.6. The van der Waals surface area contributed by atoms with Crippen LogP contribution in [-0.2, 0) is 16.0 Å². The Labute approximate surface area is 175 Å². The highest BCUT2D eigenvalue weighted by atomic mass is 32.1. The van der Waals surface area contributed by atoms with E-state index in [0.29, 0.717) is 19.5 Å². The van der Waals surface area contributed by atoms with E-state index in [2.05, 4.69) is 10.3 Å². The molecule has 29 heavy (non-hydrogen) atoms. The highest BCUT2D eigenvalue weighted by molar-refractivity contribution is 7.13. The molecule has 3 heterocycles. The molecule has 1 N–H and O–H groups in total. The molecule has 0 atom stereocenters. The number of carbonyl (C=O) groups is 2. The topological polar surface area (TPSA) is 75.4 Å². The Hall–Kier alpha value is -2.15. The second kappa shape index (κ2) is 9.11. The van der Waals surface area contributed by atoms with Gasteiger partial charge in [-0.1, -0.05) is 19.3 Å². The molecule has 0 radical (unpaired) electrons. The van der Waals surface area contributed by atoms with Crippen LogP contribution < -0.4 is 5.32 Å². The lowest BCUT2D eigenvalue weighted by Gasteiger charge is -2.33. The number of rotatable bonds is 5. The lowest BCUT2D eigenvalue weighted by molar-refractivity contribution is -0.132. The monoisotopic (exact) mass is 415 g/mol. The van der Waals surface area contributed by atoms with Crippen molar-refractivity contribution < 1.29 is 14.0 Å². The number of hydrogen-bond acceptors (Lipinski definition) is 5. The second-order valence-electron chi connectivity index (χ2n) is 8.23. The molecule has 2 fully saturated rings. The number of likely N-dealkylation sites (tertiary alicyclic amines) is 1. The quantitative estimate of drug-likeness (QED) is 0.803. The second-order valence-corrected chi connectivity index (χ2v) is 9.09. The first-order valence-corrected chi connectivity index (χ1v) is 11.6. The maximum Gasteiger partial charge on any atom is 0.228 e. The maximum atomic E-state index is 12.7. The molecule has 6 nitrogen and oxygen atoms in total. The van der Waals surface area contributed by atoms with Crippen molar-refractivity contribution >= 4 is 23.2 Å². The van der Waals surface area contributed by atoms with E-state index >= 15 is 0 Å². The van der Waals surface area contributed by atoms with E-state index in [1.165, 1.54) is 30.6 Å². The molecule has 1 saturated heterocycles. The van der Waals surface area contributed by atoms with Gasteiger partial charge in [-0.2, -0.15) is 0 Å². The van der Waals surface area contributed by atoms with Gasteiger partial charge in [-0.3, -0.25) is 9.59 Å². The summed E-state index contributed by atoms with van der Waals surface area (Å²) in [5.41, 5.74) is 0.789. The molecule has 1 aliphatic heterocycles. The van der Waals surface area contributed by atoms with Gasteiger partial charge < -0.3 is 14.6 Å². The molecule has 4 rings (SSSR count). The van der Waals surface area contributed by atoms with Crippen molar-refractivity contribution in [2.45, 2.75) is 64.3 Å². The fourth-order valence-electron chi connectivity index (χ4n) is 4.27. The molecule has 7 heteroatoms. The van der Waals surface area contributed by atoms with Gasteiger partial charge in [-0.25, -0.2) is 4.98 Å². The average Bonchev–Trinajstić information content (AvgIpc) is 3.38. The molecule has 0 spiro atoms. The number of thiazole rings is 1. The Kier molecular flexibility index (Phi) is 6.33. The summed E-state index contributed by atoms with van der Waals surface area (Å²) >= 11 is 1.50. The van der Waals surface area contributed by atoms with E-state index in [9.17, 15) is 9.59 Å². The van der Waals surface area contributed by atoms with Crippen LogP contribution in [0.2, 0.25) is 0 Å². The van der Waals surface area contributed by atoms with Crippen LogP contribution in [0.1, 0.15) is 56.4 Å². The Balaban J connectivity index is 1.24.